The van der Waals surface area contributed by atoms with Crippen molar-refractivity contribution in [2.24, 2.45) is 0 Å². The van der Waals surface area contributed by atoms with Gasteiger partial charge in [0, 0.05) is 19.0 Å². The Morgan fingerprint density at radius 1 is 1.02 bits per heavy atom. The van der Waals surface area contributed by atoms with E-state index in [4.69, 9.17) is 0 Å². The van der Waals surface area contributed by atoms with Crippen molar-refractivity contribution in [2.45, 2.75) is 68.7 Å². The van der Waals surface area contributed by atoms with Gasteiger partial charge in [-0.05, 0) is 65.3 Å². The molecule has 3 N–H and O–H groups in total. The van der Waals surface area contributed by atoms with Gasteiger partial charge in [0.05, 0.1) is 22.5 Å². The van der Waals surface area contributed by atoms with E-state index in [1.165, 1.54) is 0 Å². The fourth-order valence-corrected chi connectivity index (χ4v) is 6.33. The summed E-state index contributed by atoms with van der Waals surface area (Å²) in [6.07, 6.45) is -2.44. The number of rotatable bonds is 11. The lowest BCUT2D eigenvalue weighted by molar-refractivity contribution is -0.137. The van der Waals surface area contributed by atoms with Gasteiger partial charge in [-0.3, -0.25) is 4.79 Å². The van der Waals surface area contributed by atoms with Gasteiger partial charge in [-0.25, -0.2) is 13.1 Å². The van der Waals surface area contributed by atoms with Gasteiger partial charge in [0.25, 0.3) is 0 Å². The SMILES string of the molecule is C=C(CNC(C)C)c1ccc2c(c1)CCC[C@H]2NC(=O)CC(NS(=O)(=O)c1cccc(C(F)(F)F)c1)c1ccccc1. The summed E-state index contributed by atoms with van der Waals surface area (Å²) >= 11 is 0. The highest BCUT2D eigenvalue weighted by atomic mass is 32.2. The van der Waals surface area contributed by atoms with Crippen molar-refractivity contribution in [1.29, 1.82) is 0 Å². The molecule has 0 fully saturated rings. The number of halogens is 3. The number of aryl methyl sites for hydroxylation is 1. The van der Waals surface area contributed by atoms with Crippen LogP contribution in [0.1, 0.15) is 73.0 Å². The summed E-state index contributed by atoms with van der Waals surface area (Å²) in [6, 6.07) is 17.3. The van der Waals surface area contributed by atoms with Gasteiger partial charge in [-0.15, -0.1) is 0 Å². The van der Waals surface area contributed by atoms with Gasteiger partial charge in [-0.1, -0.05) is 75.0 Å². The molecule has 10 heteroatoms. The number of nitrogens with one attached hydrogen (secondary N) is 3. The predicted molar refractivity (Wildman–Crippen MR) is 158 cm³/mol. The molecule has 3 aromatic rings. The third-order valence-corrected chi connectivity index (χ3v) is 8.75. The molecule has 4 rings (SSSR count). The Morgan fingerprint density at radius 2 is 1.76 bits per heavy atom. The van der Waals surface area contributed by atoms with Crippen LogP contribution in [0.5, 0.6) is 0 Å². The Morgan fingerprint density at radius 3 is 2.45 bits per heavy atom. The normalized spacial score (nSPS) is 16.1. The maximum absolute atomic E-state index is 13.3. The fraction of sp³-hybridized carbons (Fsp3) is 0.344. The van der Waals surface area contributed by atoms with Crippen molar-refractivity contribution in [3.05, 3.63) is 107 Å². The molecule has 0 spiro atoms. The molecule has 0 bridgehead atoms. The number of hydrogen-bond acceptors (Lipinski definition) is 4. The summed E-state index contributed by atoms with van der Waals surface area (Å²) in [5, 5.41) is 6.43. The van der Waals surface area contributed by atoms with Gasteiger partial charge in [0.1, 0.15) is 0 Å². The van der Waals surface area contributed by atoms with Gasteiger partial charge >= 0.3 is 6.18 Å². The Labute approximate surface area is 245 Å². The number of benzene rings is 3. The molecule has 3 aromatic carbocycles. The van der Waals surface area contributed by atoms with E-state index in [0.717, 1.165) is 59.7 Å². The molecule has 0 aliphatic heterocycles. The lowest BCUT2D eigenvalue weighted by atomic mass is 9.85. The minimum absolute atomic E-state index is 0.232. The summed E-state index contributed by atoms with van der Waals surface area (Å²) in [7, 11) is -4.38. The number of sulfonamides is 1. The highest BCUT2D eigenvalue weighted by molar-refractivity contribution is 7.89. The van der Waals surface area contributed by atoms with E-state index in [1.807, 2.05) is 12.1 Å². The summed E-state index contributed by atoms with van der Waals surface area (Å²) in [5.41, 5.74) is 3.63. The molecule has 6 nitrogen and oxygen atoms in total. The van der Waals surface area contributed by atoms with Crippen LogP contribution in [0.3, 0.4) is 0 Å². The third kappa shape index (κ3) is 8.08. The summed E-state index contributed by atoms with van der Waals surface area (Å²) in [5.74, 6) is -0.372. The molecule has 1 unspecified atom stereocenters. The molecule has 0 aromatic heterocycles. The fourth-order valence-electron chi connectivity index (χ4n) is 5.06. The molecule has 1 aliphatic carbocycles. The number of hydrogen-bond donors (Lipinski definition) is 3. The first kappa shape index (κ1) is 31.5. The van der Waals surface area contributed by atoms with E-state index in [2.05, 4.69) is 41.8 Å². The molecule has 0 saturated carbocycles. The number of alkyl halides is 3. The van der Waals surface area contributed by atoms with E-state index in [9.17, 15) is 26.4 Å². The first-order valence-electron chi connectivity index (χ1n) is 13.9. The second-order valence-electron chi connectivity index (χ2n) is 10.9. The van der Waals surface area contributed by atoms with Crippen LogP contribution in [0.15, 0.2) is 84.3 Å². The first-order valence-corrected chi connectivity index (χ1v) is 15.4. The highest BCUT2D eigenvalue weighted by Gasteiger charge is 2.33. The molecule has 0 saturated heterocycles. The van der Waals surface area contributed by atoms with Crippen molar-refractivity contribution < 1.29 is 26.4 Å². The smallest absolute Gasteiger partial charge is 0.349 e. The molecule has 42 heavy (non-hydrogen) atoms. The average molecular weight is 600 g/mol. The Kier molecular flexibility index (Phi) is 9.91. The Bertz CT molecular complexity index is 1520. The quantitative estimate of drug-likeness (QED) is 0.241. The third-order valence-electron chi connectivity index (χ3n) is 7.29. The maximum Gasteiger partial charge on any atom is 0.416 e. The largest absolute Gasteiger partial charge is 0.416 e. The van der Waals surface area contributed by atoms with Gasteiger partial charge in [0.15, 0.2) is 0 Å². The minimum Gasteiger partial charge on any atom is -0.349 e. The molecule has 224 valence electrons. The molecule has 0 radical (unpaired) electrons. The summed E-state index contributed by atoms with van der Waals surface area (Å²) in [6.45, 7) is 9.02. The second kappa shape index (κ2) is 13.2. The van der Waals surface area contributed by atoms with Crippen LogP contribution in [0.25, 0.3) is 5.57 Å². The topological polar surface area (TPSA) is 87.3 Å². The monoisotopic (exact) mass is 599 g/mol. The molecule has 0 heterocycles. The zero-order valence-electron chi connectivity index (χ0n) is 23.7. The van der Waals surface area contributed by atoms with Crippen LogP contribution in [-0.2, 0) is 27.4 Å². The van der Waals surface area contributed by atoms with Crippen LogP contribution in [0.2, 0.25) is 0 Å². The number of fused-ring (bicyclic) bond motifs is 1. The molecule has 1 aliphatic rings. The number of carbonyl (C=O) groups is 1. The van der Waals surface area contributed by atoms with E-state index < -0.39 is 32.7 Å². The Hall–Kier alpha value is -3.47. The standard InChI is InChI=1S/C32H36F3N3O3S/c1-21(2)36-20-22(3)24-15-16-28-25(17-24)11-7-14-29(28)37-31(39)19-30(23-9-5-4-6-10-23)38-42(40,41)27-13-8-12-26(18-27)32(33,34)35/h4-6,8-10,12-13,15-18,21,29-30,36,38H,3,7,11,14,19-20H2,1-2H3,(H,37,39)/t29-,30?/m1/s1. The molecule has 2 atom stereocenters. The van der Waals surface area contributed by atoms with Crippen LogP contribution < -0.4 is 15.4 Å². The number of carbonyl (C=O) groups excluding carboxylic acids is 1. The van der Waals surface area contributed by atoms with Crippen LogP contribution in [-0.4, -0.2) is 26.9 Å². The lowest BCUT2D eigenvalue weighted by Gasteiger charge is -2.28. The van der Waals surface area contributed by atoms with Gasteiger partial charge in [-0.2, -0.15) is 13.2 Å². The molecular weight excluding hydrogens is 563 g/mol. The lowest BCUT2D eigenvalue weighted by Crippen LogP contribution is -2.36. The summed E-state index contributed by atoms with van der Waals surface area (Å²) in [4.78, 5) is 12.8. The van der Waals surface area contributed by atoms with Crippen LogP contribution >= 0.6 is 0 Å². The van der Waals surface area contributed by atoms with Gasteiger partial charge < -0.3 is 10.6 Å². The van der Waals surface area contributed by atoms with Crippen molar-refractivity contribution >= 4 is 21.5 Å². The van der Waals surface area contributed by atoms with Crippen molar-refractivity contribution in [3.63, 3.8) is 0 Å². The van der Waals surface area contributed by atoms with Crippen LogP contribution in [0, 0.1) is 0 Å². The van der Waals surface area contributed by atoms with Crippen molar-refractivity contribution in [3.8, 4) is 0 Å². The van der Waals surface area contributed by atoms with Crippen molar-refractivity contribution in [2.75, 3.05) is 6.54 Å². The van der Waals surface area contributed by atoms with Gasteiger partial charge in [0.2, 0.25) is 15.9 Å². The predicted octanol–water partition coefficient (Wildman–Crippen LogP) is 6.32. The zero-order valence-corrected chi connectivity index (χ0v) is 24.5. The number of amides is 1. The van der Waals surface area contributed by atoms with Crippen LogP contribution in [0.4, 0.5) is 13.2 Å². The molecular formula is C32H36F3N3O3S. The summed E-state index contributed by atoms with van der Waals surface area (Å²) < 4.78 is 68.5. The second-order valence-corrected chi connectivity index (χ2v) is 12.6. The maximum atomic E-state index is 13.3. The van der Waals surface area contributed by atoms with E-state index in [1.54, 1.807) is 30.3 Å². The highest BCUT2D eigenvalue weighted by Crippen LogP contribution is 2.33. The minimum atomic E-state index is -4.69. The van der Waals surface area contributed by atoms with E-state index in [0.29, 0.717) is 24.2 Å². The van der Waals surface area contributed by atoms with E-state index >= 15 is 0 Å². The molecule has 1 amide bonds. The van der Waals surface area contributed by atoms with E-state index in [-0.39, 0.29) is 18.4 Å². The Balaban J connectivity index is 1.51. The average Bonchev–Trinajstić information content (AvgIpc) is 2.95. The first-order chi connectivity index (χ1) is 19.8. The van der Waals surface area contributed by atoms with Crippen molar-refractivity contribution in [1.82, 2.24) is 15.4 Å². The zero-order chi connectivity index (χ0) is 30.5.